The van der Waals surface area contributed by atoms with Gasteiger partial charge in [-0.1, -0.05) is 0 Å². The molecule has 1 aromatic rings. The van der Waals surface area contributed by atoms with Crippen molar-refractivity contribution < 1.29 is 23.5 Å². The minimum absolute atomic E-state index is 0.159. The highest BCUT2D eigenvalue weighted by molar-refractivity contribution is 5.95. The summed E-state index contributed by atoms with van der Waals surface area (Å²) in [6, 6.07) is 1.43. The molecule has 0 spiro atoms. The molecule has 1 fully saturated rings. The van der Waals surface area contributed by atoms with E-state index in [-0.39, 0.29) is 17.5 Å². The van der Waals surface area contributed by atoms with Gasteiger partial charge in [-0.05, 0) is 31.4 Å². The fourth-order valence-electron chi connectivity index (χ4n) is 2.49. The molecule has 0 radical (unpaired) electrons. The molecular weight excluding hydrogens is 268 g/mol. The Balaban J connectivity index is 2.26. The summed E-state index contributed by atoms with van der Waals surface area (Å²) in [7, 11) is 0. The normalized spacial score (nSPS) is 18.4. The van der Waals surface area contributed by atoms with Crippen molar-refractivity contribution in [3.05, 3.63) is 34.9 Å². The summed E-state index contributed by atoms with van der Waals surface area (Å²) in [6.45, 7) is 1.84. The summed E-state index contributed by atoms with van der Waals surface area (Å²) < 4.78 is 26.9. The molecule has 0 aromatic heterocycles. The molecule has 1 aromatic carbocycles. The van der Waals surface area contributed by atoms with E-state index in [9.17, 15) is 18.4 Å². The van der Waals surface area contributed by atoms with Crippen LogP contribution in [-0.2, 0) is 4.79 Å². The Hall–Kier alpha value is -1.98. The Morgan fingerprint density at radius 1 is 1.35 bits per heavy atom. The Kier molecular flexibility index (Phi) is 4.01. The Bertz CT molecular complexity index is 560. The van der Waals surface area contributed by atoms with Crippen LogP contribution in [0.15, 0.2) is 12.1 Å². The van der Waals surface area contributed by atoms with Crippen LogP contribution >= 0.6 is 0 Å². The summed E-state index contributed by atoms with van der Waals surface area (Å²) in [4.78, 5) is 24.4. The number of rotatable bonds is 3. The smallest absolute Gasteiger partial charge is 0.305 e. The third-order valence-electron chi connectivity index (χ3n) is 3.53. The summed E-state index contributed by atoms with van der Waals surface area (Å²) in [5.74, 6) is -3.19. The maximum absolute atomic E-state index is 13.7. The van der Waals surface area contributed by atoms with Crippen molar-refractivity contribution >= 4 is 11.9 Å². The van der Waals surface area contributed by atoms with Crippen LogP contribution in [0.25, 0.3) is 0 Å². The van der Waals surface area contributed by atoms with Gasteiger partial charge in [0.1, 0.15) is 11.6 Å². The van der Waals surface area contributed by atoms with E-state index in [1.54, 1.807) is 0 Å². The summed E-state index contributed by atoms with van der Waals surface area (Å²) in [5, 5.41) is 8.82. The van der Waals surface area contributed by atoms with Crippen molar-refractivity contribution in [1.29, 1.82) is 0 Å². The fraction of sp³-hybridized carbons (Fsp3) is 0.429. The number of carbonyl (C=O) groups is 2. The average molecular weight is 283 g/mol. The van der Waals surface area contributed by atoms with E-state index in [1.807, 2.05) is 0 Å². The van der Waals surface area contributed by atoms with Crippen molar-refractivity contribution in [3.8, 4) is 0 Å². The molecule has 1 atom stereocenters. The molecular formula is C14H15F2NO3. The topological polar surface area (TPSA) is 57.6 Å². The summed E-state index contributed by atoms with van der Waals surface area (Å²) >= 11 is 0. The van der Waals surface area contributed by atoms with Crippen LogP contribution in [0.2, 0.25) is 0 Å². The number of benzene rings is 1. The van der Waals surface area contributed by atoms with Gasteiger partial charge in [-0.15, -0.1) is 0 Å². The molecule has 20 heavy (non-hydrogen) atoms. The number of hydrogen-bond donors (Lipinski definition) is 1. The minimum atomic E-state index is -0.995. The number of halogens is 2. The monoisotopic (exact) mass is 283 g/mol. The summed E-state index contributed by atoms with van der Waals surface area (Å²) in [6.07, 6.45) is 1.11. The number of amides is 1. The number of aryl methyl sites for hydroxylation is 1. The van der Waals surface area contributed by atoms with Crippen LogP contribution in [0.1, 0.15) is 35.2 Å². The van der Waals surface area contributed by atoms with Gasteiger partial charge in [0.15, 0.2) is 0 Å². The molecule has 1 saturated heterocycles. The summed E-state index contributed by atoms with van der Waals surface area (Å²) in [5.41, 5.74) is -0.0232. The minimum Gasteiger partial charge on any atom is -0.481 e. The van der Waals surface area contributed by atoms with E-state index in [0.29, 0.717) is 25.5 Å². The van der Waals surface area contributed by atoms with Crippen LogP contribution in [0, 0.1) is 18.6 Å². The second-order valence-electron chi connectivity index (χ2n) is 4.97. The first-order valence-corrected chi connectivity index (χ1v) is 6.38. The second-order valence-corrected chi connectivity index (χ2v) is 4.97. The molecule has 6 heteroatoms. The molecule has 2 rings (SSSR count). The molecule has 1 N–H and O–H groups in total. The van der Waals surface area contributed by atoms with Gasteiger partial charge in [-0.3, -0.25) is 9.59 Å². The molecule has 1 amide bonds. The van der Waals surface area contributed by atoms with E-state index in [1.165, 1.54) is 17.9 Å². The Labute approximate surface area is 115 Å². The largest absolute Gasteiger partial charge is 0.481 e. The highest BCUT2D eigenvalue weighted by Crippen LogP contribution is 2.24. The molecule has 0 bridgehead atoms. The third kappa shape index (κ3) is 2.79. The molecule has 1 heterocycles. The van der Waals surface area contributed by atoms with Crippen LogP contribution < -0.4 is 0 Å². The predicted octanol–water partition coefficient (Wildman–Crippen LogP) is 2.35. The average Bonchev–Trinajstić information content (AvgIpc) is 2.80. The van der Waals surface area contributed by atoms with Gasteiger partial charge in [0.25, 0.3) is 5.91 Å². The molecule has 0 aliphatic carbocycles. The maximum atomic E-state index is 13.7. The molecule has 1 aliphatic rings. The molecule has 4 nitrogen and oxygen atoms in total. The quantitative estimate of drug-likeness (QED) is 0.926. The second kappa shape index (κ2) is 5.56. The first kappa shape index (κ1) is 14.4. The van der Waals surface area contributed by atoms with Gasteiger partial charge in [0, 0.05) is 18.7 Å². The first-order chi connectivity index (χ1) is 9.40. The van der Waals surface area contributed by atoms with E-state index < -0.39 is 29.6 Å². The third-order valence-corrected chi connectivity index (χ3v) is 3.53. The van der Waals surface area contributed by atoms with Gasteiger partial charge >= 0.3 is 5.97 Å². The standard InChI is InChI=1S/C14H15F2NO3/c1-8-5-10(12(16)7-11(8)15)14(20)17-4-2-3-9(17)6-13(18)19/h5,7,9H,2-4,6H2,1H3,(H,18,19). The lowest BCUT2D eigenvalue weighted by Crippen LogP contribution is -2.37. The van der Waals surface area contributed by atoms with Gasteiger partial charge in [0.2, 0.25) is 0 Å². The van der Waals surface area contributed by atoms with E-state index in [0.717, 1.165) is 0 Å². The van der Waals surface area contributed by atoms with E-state index in [2.05, 4.69) is 0 Å². The number of carboxylic acids is 1. The number of likely N-dealkylation sites (tertiary alicyclic amines) is 1. The fourth-order valence-corrected chi connectivity index (χ4v) is 2.49. The van der Waals surface area contributed by atoms with Crippen LogP contribution in [-0.4, -0.2) is 34.5 Å². The van der Waals surface area contributed by atoms with Crippen molar-refractivity contribution in [3.63, 3.8) is 0 Å². The lowest BCUT2D eigenvalue weighted by atomic mass is 10.1. The lowest BCUT2D eigenvalue weighted by Gasteiger charge is -2.24. The Morgan fingerprint density at radius 2 is 2.05 bits per heavy atom. The predicted molar refractivity (Wildman–Crippen MR) is 67.4 cm³/mol. The maximum Gasteiger partial charge on any atom is 0.305 e. The zero-order valence-electron chi connectivity index (χ0n) is 11.0. The number of nitrogens with zero attached hydrogens (tertiary/aromatic N) is 1. The van der Waals surface area contributed by atoms with Crippen LogP contribution in [0.4, 0.5) is 8.78 Å². The molecule has 1 unspecified atom stereocenters. The van der Waals surface area contributed by atoms with Gasteiger partial charge in [-0.25, -0.2) is 8.78 Å². The van der Waals surface area contributed by atoms with Crippen molar-refractivity contribution in [2.45, 2.75) is 32.2 Å². The zero-order valence-corrected chi connectivity index (χ0v) is 11.0. The van der Waals surface area contributed by atoms with Crippen molar-refractivity contribution in [2.75, 3.05) is 6.54 Å². The Morgan fingerprint density at radius 3 is 2.70 bits per heavy atom. The van der Waals surface area contributed by atoms with Gasteiger partial charge < -0.3 is 10.0 Å². The van der Waals surface area contributed by atoms with Crippen LogP contribution in [0.3, 0.4) is 0 Å². The number of carbonyl (C=O) groups excluding carboxylic acids is 1. The van der Waals surface area contributed by atoms with Crippen molar-refractivity contribution in [1.82, 2.24) is 4.90 Å². The SMILES string of the molecule is Cc1cc(C(=O)N2CCCC2CC(=O)O)c(F)cc1F. The van der Waals surface area contributed by atoms with Crippen molar-refractivity contribution in [2.24, 2.45) is 0 Å². The highest BCUT2D eigenvalue weighted by atomic mass is 19.1. The van der Waals surface area contributed by atoms with E-state index >= 15 is 0 Å². The number of aliphatic carboxylic acids is 1. The first-order valence-electron chi connectivity index (χ1n) is 6.38. The molecule has 1 aliphatic heterocycles. The van der Waals surface area contributed by atoms with Gasteiger partial charge in [-0.2, -0.15) is 0 Å². The van der Waals surface area contributed by atoms with Crippen LogP contribution in [0.5, 0.6) is 0 Å². The highest BCUT2D eigenvalue weighted by Gasteiger charge is 2.32. The lowest BCUT2D eigenvalue weighted by molar-refractivity contribution is -0.137. The zero-order chi connectivity index (χ0) is 14.9. The number of carboxylic acid groups (broad SMARTS) is 1. The number of hydrogen-bond acceptors (Lipinski definition) is 2. The molecule has 0 saturated carbocycles. The molecule has 108 valence electrons. The van der Waals surface area contributed by atoms with Gasteiger partial charge in [0.05, 0.1) is 12.0 Å². The van der Waals surface area contributed by atoms with E-state index in [4.69, 9.17) is 5.11 Å².